The molecule has 5 rings (SSSR count). The van der Waals surface area contributed by atoms with Gasteiger partial charge in [-0.1, -0.05) is 54.6 Å². The average molecular weight is 438 g/mol. The Balaban J connectivity index is 1.44. The number of aryl methyl sites for hydroxylation is 1. The lowest BCUT2D eigenvalue weighted by molar-refractivity contribution is 0.777. The van der Waals surface area contributed by atoms with Crippen molar-refractivity contribution in [2.45, 2.75) is 25.9 Å². The Bertz CT molecular complexity index is 1280. The van der Waals surface area contributed by atoms with Crippen LogP contribution in [0.1, 0.15) is 23.1 Å². The van der Waals surface area contributed by atoms with Gasteiger partial charge in [-0.15, -0.1) is 0 Å². The predicted octanol–water partition coefficient (Wildman–Crippen LogP) is 4.41. The molecule has 166 valence electrons. The molecule has 0 atom stereocenters. The third-order valence-corrected chi connectivity index (χ3v) is 6.15. The maximum Gasteiger partial charge on any atom is 0.278 e. The van der Waals surface area contributed by atoms with E-state index in [-0.39, 0.29) is 5.56 Å². The van der Waals surface area contributed by atoms with E-state index >= 15 is 0 Å². The van der Waals surface area contributed by atoms with Crippen molar-refractivity contribution in [1.29, 1.82) is 0 Å². The Morgan fingerprint density at radius 2 is 1.58 bits per heavy atom. The van der Waals surface area contributed by atoms with E-state index in [2.05, 4.69) is 51.6 Å². The van der Waals surface area contributed by atoms with E-state index in [0.29, 0.717) is 30.4 Å². The molecule has 0 spiro atoms. The molecule has 3 heterocycles. The van der Waals surface area contributed by atoms with Crippen molar-refractivity contribution in [3.63, 3.8) is 0 Å². The second kappa shape index (κ2) is 9.28. The van der Waals surface area contributed by atoms with Crippen LogP contribution in [-0.4, -0.2) is 21.1 Å². The number of nitrogens with zero attached hydrogens (tertiary/aromatic N) is 4. The van der Waals surface area contributed by atoms with Crippen LogP contribution in [-0.2, 0) is 26.6 Å². The maximum absolute atomic E-state index is 13.6. The smallest absolute Gasteiger partial charge is 0.278 e. The number of rotatable bonds is 7. The summed E-state index contributed by atoms with van der Waals surface area (Å²) >= 11 is 0. The Morgan fingerprint density at radius 3 is 2.27 bits per heavy atom. The molecular weight excluding hydrogens is 410 g/mol. The van der Waals surface area contributed by atoms with Crippen LogP contribution in [0.4, 0.5) is 11.6 Å². The van der Waals surface area contributed by atoms with Crippen LogP contribution in [0.15, 0.2) is 83.9 Å². The summed E-state index contributed by atoms with van der Waals surface area (Å²) in [4.78, 5) is 24.8. The van der Waals surface area contributed by atoms with Crippen LogP contribution in [0.2, 0.25) is 0 Å². The third-order valence-electron chi connectivity index (χ3n) is 6.15. The first kappa shape index (κ1) is 20.9. The van der Waals surface area contributed by atoms with Crippen molar-refractivity contribution in [2.75, 3.05) is 16.8 Å². The number of benzene rings is 2. The molecule has 2 aromatic carbocycles. The zero-order valence-electron chi connectivity index (χ0n) is 18.7. The van der Waals surface area contributed by atoms with Gasteiger partial charge in [-0.05, 0) is 41.7 Å². The molecule has 2 aromatic heterocycles. The summed E-state index contributed by atoms with van der Waals surface area (Å²) in [7, 11) is 1.79. The summed E-state index contributed by atoms with van der Waals surface area (Å²) in [6, 6.07) is 22.6. The highest BCUT2D eigenvalue weighted by Crippen LogP contribution is 2.33. The third kappa shape index (κ3) is 4.37. The van der Waals surface area contributed by atoms with Gasteiger partial charge < -0.3 is 10.2 Å². The van der Waals surface area contributed by atoms with Crippen molar-refractivity contribution < 1.29 is 0 Å². The number of nitrogens with one attached hydrogen (secondary N) is 1. The fourth-order valence-electron chi connectivity index (χ4n) is 4.37. The first-order valence-corrected chi connectivity index (χ1v) is 11.3. The highest BCUT2D eigenvalue weighted by Gasteiger charge is 2.26. The predicted molar refractivity (Wildman–Crippen MR) is 132 cm³/mol. The van der Waals surface area contributed by atoms with Gasteiger partial charge in [0.2, 0.25) is 5.95 Å². The lowest BCUT2D eigenvalue weighted by atomic mass is 10.1. The summed E-state index contributed by atoms with van der Waals surface area (Å²) in [6.07, 6.45) is 5.41. The van der Waals surface area contributed by atoms with Crippen molar-refractivity contribution in [3.05, 3.63) is 106 Å². The van der Waals surface area contributed by atoms with Crippen molar-refractivity contribution >= 4 is 11.6 Å². The van der Waals surface area contributed by atoms with E-state index in [1.165, 1.54) is 16.7 Å². The summed E-state index contributed by atoms with van der Waals surface area (Å²) in [6.45, 7) is 2.14. The molecule has 0 bridgehead atoms. The monoisotopic (exact) mass is 437 g/mol. The SMILES string of the molecule is Cn1c(NCCCc2ccccc2)nc(-c2ccncc2)c(N2Cc3ccccc3C2)c1=O. The normalized spacial score (nSPS) is 12.6. The van der Waals surface area contributed by atoms with E-state index in [0.717, 1.165) is 24.9 Å². The van der Waals surface area contributed by atoms with Crippen LogP contribution in [0, 0.1) is 0 Å². The first-order chi connectivity index (χ1) is 16.2. The zero-order chi connectivity index (χ0) is 22.6. The number of anilines is 2. The van der Waals surface area contributed by atoms with Gasteiger partial charge in [-0.2, -0.15) is 0 Å². The molecule has 33 heavy (non-hydrogen) atoms. The van der Waals surface area contributed by atoms with E-state index < -0.39 is 0 Å². The van der Waals surface area contributed by atoms with Gasteiger partial charge in [-0.3, -0.25) is 14.3 Å². The molecule has 1 N–H and O–H groups in total. The topological polar surface area (TPSA) is 63.1 Å². The fraction of sp³-hybridized carbons (Fsp3) is 0.222. The molecule has 0 saturated carbocycles. The minimum atomic E-state index is -0.0461. The number of hydrogen-bond donors (Lipinski definition) is 1. The number of fused-ring (bicyclic) bond motifs is 1. The first-order valence-electron chi connectivity index (χ1n) is 11.3. The average Bonchev–Trinajstić information content (AvgIpc) is 3.29. The Morgan fingerprint density at radius 1 is 0.909 bits per heavy atom. The molecule has 6 nitrogen and oxygen atoms in total. The molecule has 6 heteroatoms. The molecule has 0 saturated heterocycles. The second-order valence-electron chi connectivity index (χ2n) is 8.37. The molecule has 1 aliphatic rings. The van der Waals surface area contributed by atoms with E-state index in [1.54, 1.807) is 24.0 Å². The van der Waals surface area contributed by atoms with E-state index in [9.17, 15) is 4.79 Å². The quantitative estimate of drug-likeness (QED) is 0.434. The van der Waals surface area contributed by atoms with Gasteiger partial charge in [0.25, 0.3) is 5.56 Å². The van der Waals surface area contributed by atoms with Gasteiger partial charge >= 0.3 is 0 Å². The summed E-state index contributed by atoms with van der Waals surface area (Å²) in [5, 5.41) is 3.39. The van der Waals surface area contributed by atoms with Crippen molar-refractivity contribution in [3.8, 4) is 11.3 Å². The zero-order valence-corrected chi connectivity index (χ0v) is 18.7. The molecule has 1 aliphatic heterocycles. The Kier molecular flexibility index (Phi) is 5.89. The number of pyridine rings is 1. The minimum Gasteiger partial charge on any atom is -0.357 e. The lowest BCUT2D eigenvalue weighted by Gasteiger charge is -2.22. The summed E-state index contributed by atoms with van der Waals surface area (Å²) in [5.74, 6) is 0.584. The summed E-state index contributed by atoms with van der Waals surface area (Å²) in [5.41, 5.74) is 5.99. The highest BCUT2D eigenvalue weighted by molar-refractivity contribution is 5.76. The second-order valence-corrected chi connectivity index (χ2v) is 8.37. The Hall–Kier alpha value is -3.93. The van der Waals surface area contributed by atoms with Gasteiger partial charge in [0.1, 0.15) is 11.4 Å². The molecule has 0 aliphatic carbocycles. The van der Waals surface area contributed by atoms with Crippen LogP contribution < -0.4 is 15.8 Å². The molecule has 0 unspecified atom stereocenters. The van der Waals surface area contributed by atoms with Gasteiger partial charge in [-0.25, -0.2) is 4.98 Å². The van der Waals surface area contributed by atoms with Crippen LogP contribution in [0.5, 0.6) is 0 Å². The van der Waals surface area contributed by atoms with Crippen molar-refractivity contribution in [2.24, 2.45) is 7.05 Å². The molecule has 0 radical (unpaired) electrons. The van der Waals surface area contributed by atoms with Crippen LogP contribution in [0.25, 0.3) is 11.3 Å². The number of aromatic nitrogens is 3. The van der Waals surface area contributed by atoms with Gasteiger partial charge in [0, 0.05) is 44.6 Å². The van der Waals surface area contributed by atoms with Gasteiger partial charge in [0.15, 0.2) is 0 Å². The van der Waals surface area contributed by atoms with Crippen molar-refractivity contribution in [1.82, 2.24) is 14.5 Å². The standard InChI is InChI=1S/C27H27N5O/c1-31-26(33)25(32-18-22-11-5-6-12-23(22)19-32)24(21-13-16-28-17-14-21)30-27(31)29-15-7-10-20-8-3-2-4-9-20/h2-6,8-9,11-14,16-17H,7,10,15,18-19H2,1H3,(H,29,30). The lowest BCUT2D eigenvalue weighted by Crippen LogP contribution is -2.31. The van der Waals surface area contributed by atoms with Crippen LogP contribution in [0.3, 0.4) is 0 Å². The Labute approximate surface area is 193 Å². The van der Waals surface area contributed by atoms with Crippen LogP contribution >= 0.6 is 0 Å². The fourth-order valence-corrected chi connectivity index (χ4v) is 4.37. The minimum absolute atomic E-state index is 0.0461. The summed E-state index contributed by atoms with van der Waals surface area (Å²) < 4.78 is 1.63. The molecule has 0 fully saturated rings. The van der Waals surface area contributed by atoms with E-state index in [4.69, 9.17) is 4.98 Å². The van der Waals surface area contributed by atoms with E-state index in [1.807, 2.05) is 30.3 Å². The maximum atomic E-state index is 13.6. The highest BCUT2D eigenvalue weighted by atomic mass is 16.1. The number of hydrogen-bond acceptors (Lipinski definition) is 5. The molecular formula is C27H27N5O. The van der Waals surface area contributed by atoms with Gasteiger partial charge in [0.05, 0.1) is 0 Å². The molecule has 0 amide bonds. The largest absolute Gasteiger partial charge is 0.357 e. The molecule has 4 aromatic rings.